The number of benzene rings is 2. The van der Waals surface area contributed by atoms with E-state index < -0.39 is 5.60 Å². The van der Waals surface area contributed by atoms with E-state index in [4.69, 9.17) is 9.47 Å². The Balaban J connectivity index is 1.89. The van der Waals surface area contributed by atoms with Gasteiger partial charge >= 0.3 is 5.97 Å². The van der Waals surface area contributed by atoms with Crippen LogP contribution in [0.5, 0.6) is 5.75 Å². The summed E-state index contributed by atoms with van der Waals surface area (Å²) in [5, 5.41) is 0. The Kier molecular flexibility index (Phi) is 6.06. The highest BCUT2D eigenvalue weighted by atomic mass is 16.6. The predicted octanol–water partition coefficient (Wildman–Crippen LogP) is 4.14. The number of esters is 1. The molecule has 0 fully saturated rings. The zero-order valence-electron chi connectivity index (χ0n) is 17.0. The van der Waals surface area contributed by atoms with Crippen LogP contribution in [0.1, 0.15) is 43.5 Å². The Morgan fingerprint density at radius 2 is 1.89 bits per heavy atom. The number of rotatable bonds is 4. The number of hydrogen-bond donors (Lipinski definition) is 0. The number of methoxy groups -OCH3 is 1. The lowest BCUT2D eigenvalue weighted by atomic mass is 9.92. The van der Waals surface area contributed by atoms with Crippen LogP contribution in [0.15, 0.2) is 48.5 Å². The van der Waals surface area contributed by atoms with Gasteiger partial charge in [-0.15, -0.1) is 0 Å². The van der Waals surface area contributed by atoms with Crippen LogP contribution in [-0.2, 0) is 22.5 Å². The van der Waals surface area contributed by atoms with E-state index in [9.17, 15) is 4.79 Å². The van der Waals surface area contributed by atoms with Crippen molar-refractivity contribution in [2.75, 3.05) is 13.7 Å². The zero-order valence-corrected chi connectivity index (χ0v) is 17.0. The Morgan fingerprint density at radius 1 is 1.18 bits per heavy atom. The van der Waals surface area contributed by atoms with Crippen molar-refractivity contribution in [2.24, 2.45) is 0 Å². The summed E-state index contributed by atoms with van der Waals surface area (Å²) in [5.74, 6) is 7.10. The molecule has 1 atom stereocenters. The highest BCUT2D eigenvalue weighted by Crippen LogP contribution is 2.31. The van der Waals surface area contributed by atoms with E-state index in [1.807, 2.05) is 26.0 Å². The lowest BCUT2D eigenvalue weighted by Crippen LogP contribution is -2.35. The van der Waals surface area contributed by atoms with E-state index in [2.05, 4.69) is 53.1 Å². The minimum absolute atomic E-state index is 0.0399. The Bertz CT molecular complexity index is 890. The van der Waals surface area contributed by atoms with Gasteiger partial charge in [0.15, 0.2) is 5.60 Å². The van der Waals surface area contributed by atoms with Gasteiger partial charge in [-0.2, -0.15) is 0 Å². The summed E-state index contributed by atoms with van der Waals surface area (Å²) in [6.07, 6.45) is 0.998. The lowest BCUT2D eigenvalue weighted by Gasteiger charge is -2.34. The second-order valence-electron chi connectivity index (χ2n) is 7.54. The summed E-state index contributed by atoms with van der Waals surface area (Å²) in [6.45, 7) is 6.78. The standard InChI is InChI=1S/C24H27NO3/c1-18(26)28-24(2,3)15-13-23-22-8-6-5-7-20(22)14-16-25(23)17-19-9-11-21(27-4)12-10-19/h5-12,23H,14,16-17H2,1-4H3/t23-/m0/s1. The molecular weight excluding hydrogens is 350 g/mol. The smallest absolute Gasteiger partial charge is 0.304 e. The maximum atomic E-state index is 11.4. The summed E-state index contributed by atoms with van der Waals surface area (Å²) < 4.78 is 10.6. The molecule has 0 bridgehead atoms. The van der Waals surface area contributed by atoms with Crippen molar-refractivity contribution < 1.29 is 14.3 Å². The van der Waals surface area contributed by atoms with Crippen molar-refractivity contribution in [3.05, 3.63) is 65.2 Å². The van der Waals surface area contributed by atoms with E-state index in [-0.39, 0.29) is 12.0 Å². The first-order valence-electron chi connectivity index (χ1n) is 9.55. The highest BCUT2D eigenvalue weighted by molar-refractivity contribution is 5.67. The molecule has 4 nitrogen and oxygen atoms in total. The highest BCUT2D eigenvalue weighted by Gasteiger charge is 2.27. The van der Waals surface area contributed by atoms with Crippen molar-refractivity contribution in [2.45, 2.75) is 45.4 Å². The van der Waals surface area contributed by atoms with Crippen molar-refractivity contribution in [1.29, 1.82) is 0 Å². The molecule has 0 amide bonds. The number of hydrogen-bond acceptors (Lipinski definition) is 4. The molecule has 28 heavy (non-hydrogen) atoms. The van der Waals surface area contributed by atoms with Crippen LogP contribution in [0.25, 0.3) is 0 Å². The third-order valence-corrected chi connectivity index (χ3v) is 4.84. The zero-order chi connectivity index (χ0) is 20.1. The Hall–Kier alpha value is -2.77. The molecule has 0 spiro atoms. The lowest BCUT2D eigenvalue weighted by molar-refractivity contribution is -0.148. The summed E-state index contributed by atoms with van der Waals surface area (Å²) in [6, 6.07) is 16.6. The van der Waals surface area contributed by atoms with Crippen molar-refractivity contribution in [1.82, 2.24) is 4.90 Å². The second kappa shape index (κ2) is 8.50. The first kappa shape index (κ1) is 20.0. The maximum Gasteiger partial charge on any atom is 0.304 e. The normalized spacial score (nSPS) is 16.5. The molecule has 0 radical (unpaired) electrons. The molecule has 2 aromatic rings. The van der Waals surface area contributed by atoms with Gasteiger partial charge in [0.2, 0.25) is 0 Å². The van der Waals surface area contributed by atoms with E-state index in [1.54, 1.807) is 7.11 Å². The van der Waals surface area contributed by atoms with Crippen LogP contribution in [0, 0.1) is 11.8 Å². The van der Waals surface area contributed by atoms with Crippen LogP contribution < -0.4 is 4.74 Å². The SMILES string of the molecule is COc1ccc(CN2CCc3ccccc3[C@@H]2C#CC(C)(C)OC(C)=O)cc1. The molecule has 0 N–H and O–H groups in total. The molecule has 2 aromatic carbocycles. The molecule has 3 rings (SSSR count). The third kappa shape index (κ3) is 4.94. The average molecular weight is 377 g/mol. The van der Waals surface area contributed by atoms with Gasteiger partial charge in [-0.05, 0) is 49.1 Å². The van der Waals surface area contributed by atoms with Gasteiger partial charge in [0, 0.05) is 20.0 Å². The van der Waals surface area contributed by atoms with E-state index in [0.717, 1.165) is 25.3 Å². The van der Waals surface area contributed by atoms with E-state index in [0.29, 0.717) is 0 Å². The van der Waals surface area contributed by atoms with Crippen molar-refractivity contribution in [3.63, 3.8) is 0 Å². The summed E-state index contributed by atoms with van der Waals surface area (Å²) in [7, 11) is 1.67. The maximum absolute atomic E-state index is 11.4. The molecule has 0 saturated carbocycles. The van der Waals surface area contributed by atoms with Crippen LogP contribution in [-0.4, -0.2) is 30.1 Å². The fourth-order valence-electron chi connectivity index (χ4n) is 3.55. The van der Waals surface area contributed by atoms with Crippen LogP contribution in [0.4, 0.5) is 0 Å². The Labute approximate surface area is 167 Å². The number of carbonyl (C=O) groups is 1. The molecule has 1 aliphatic heterocycles. The molecule has 1 aliphatic rings. The largest absolute Gasteiger partial charge is 0.497 e. The van der Waals surface area contributed by atoms with E-state index >= 15 is 0 Å². The van der Waals surface area contributed by atoms with Gasteiger partial charge in [0.25, 0.3) is 0 Å². The predicted molar refractivity (Wildman–Crippen MR) is 110 cm³/mol. The summed E-state index contributed by atoms with van der Waals surface area (Å²) >= 11 is 0. The third-order valence-electron chi connectivity index (χ3n) is 4.84. The minimum Gasteiger partial charge on any atom is -0.497 e. The fraction of sp³-hybridized carbons (Fsp3) is 0.375. The molecule has 1 heterocycles. The van der Waals surface area contributed by atoms with Gasteiger partial charge in [-0.3, -0.25) is 9.69 Å². The molecule has 146 valence electrons. The van der Waals surface area contributed by atoms with E-state index in [1.165, 1.54) is 23.6 Å². The van der Waals surface area contributed by atoms with Crippen LogP contribution in [0.3, 0.4) is 0 Å². The van der Waals surface area contributed by atoms with Gasteiger partial charge in [0.1, 0.15) is 5.75 Å². The summed E-state index contributed by atoms with van der Waals surface area (Å²) in [5.41, 5.74) is 2.96. The van der Waals surface area contributed by atoms with Gasteiger partial charge < -0.3 is 9.47 Å². The minimum atomic E-state index is -0.815. The van der Waals surface area contributed by atoms with Gasteiger partial charge in [-0.25, -0.2) is 0 Å². The second-order valence-corrected chi connectivity index (χ2v) is 7.54. The first-order chi connectivity index (χ1) is 13.4. The van der Waals surface area contributed by atoms with Gasteiger partial charge in [0.05, 0.1) is 13.2 Å². The molecule has 0 unspecified atom stereocenters. The molecular formula is C24H27NO3. The quantitative estimate of drug-likeness (QED) is 0.593. The summed E-state index contributed by atoms with van der Waals surface area (Å²) in [4.78, 5) is 13.7. The number of fused-ring (bicyclic) bond motifs is 1. The molecule has 4 heteroatoms. The molecule has 0 saturated heterocycles. The number of ether oxygens (including phenoxy) is 2. The first-order valence-corrected chi connectivity index (χ1v) is 9.55. The van der Waals surface area contributed by atoms with Crippen LogP contribution in [0.2, 0.25) is 0 Å². The molecule has 0 aliphatic carbocycles. The molecule has 0 aromatic heterocycles. The number of nitrogens with zero attached hydrogens (tertiary/aromatic N) is 1. The van der Waals surface area contributed by atoms with Crippen molar-refractivity contribution in [3.8, 4) is 17.6 Å². The Morgan fingerprint density at radius 3 is 2.57 bits per heavy atom. The van der Waals surface area contributed by atoms with Gasteiger partial charge in [-0.1, -0.05) is 48.2 Å². The topological polar surface area (TPSA) is 38.8 Å². The van der Waals surface area contributed by atoms with Crippen molar-refractivity contribution >= 4 is 5.97 Å². The fourth-order valence-corrected chi connectivity index (χ4v) is 3.55. The number of carbonyl (C=O) groups excluding carboxylic acids is 1. The average Bonchev–Trinajstić information content (AvgIpc) is 2.66. The monoisotopic (exact) mass is 377 g/mol. The van der Waals surface area contributed by atoms with Crippen LogP contribution >= 0.6 is 0 Å².